The highest BCUT2D eigenvalue weighted by Crippen LogP contribution is 2.35. The van der Waals surface area contributed by atoms with Gasteiger partial charge >= 0.3 is 0 Å². The molecule has 2 aliphatic heterocycles. The van der Waals surface area contributed by atoms with E-state index in [0.717, 1.165) is 27.6 Å². The van der Waals surface area contributed by atoms with Crippen LogP contribution in [0.3, 0.4) is 0 Å². The van der Waals surface area contributed by atoms with Crippen LogP contribution in [0.4, 0.5) is 4.39 Å². The predicted octanol–water partition coefficient (Wildman–Crippen LogP) is 8.34. The normalized spacial score (nSPS) is 22.4. The molecular formula is C45H49FO8. The summed E-state index contributed by atoms with van der Waals surface area (Å²) in [6.07, 6.45) is -6.12. The van der Waals surface area contributed by atoms with Crippen molar-refractivity contribution < 1.29 is 42.3 Å². The molecule has 2 saturated heterocycles. The average molecular weight is 737 g/mol. The highest BCUT2D eigenvalue weighted by Gasteiger charge is 2.52. The van der Waals surface area contributed by atoms with E-state index in [1.165, 1.54) is 5.39 Å². The maximum Gasteiger partial charge on any atom is 0.192 e. The number of ether oxygens (including phenoxy) is 8. The fourth-order valence-corrected chi connectivity index (χ4v) is 6.80. The lowest BCUT2D eigenvalue weighted by atomic mass is 10.1. The topological polar surface area (TPSA) is 73.8 Å². The van der Waals surface area contributed by atoms with Crippen molar-refractivity contribution in [3.63, 3.8) is 0 Å². The van der Waals surface area contributed by atoms with Crippen molar-refractivity contribution in [3.8, 4) is 0 Å². The summed E-state index contributed by atoms with van der Waals surface area (Å²) in [6.45, 7) is 5.13. The second-order valence-corrected chi connectivity index (χ2v) is 14.2. The Morgan fingerprint density at radius 2 is 1.19 bits per heavy atom. The van der Waals surface area contributed by atoms with Gasteiger partial charge in [-0.2, -0.15) is 0 Å². The van der Waals surface area contributed by atoms with Crippen LogP contribution >= 0.6 is 0 Å². The zero-order valence-electron chi connectivity index (χ0n) is 30.8. The summed E-state index contributed by atoms with van der Waals surface area (Å²) < 4.78 is 66.3. The fourth-order valence-electron chi connectivity index (χ4n) is 6.80. The van der Waals surface area contributed by atoms with Crippen LogP contribution in [0.1, 0.15) is 36.1 Å². The van der Waals surface area contributed by atoms with Crippen molar-refractivity contribution in [2.45, 2.75) is 89.0 Å². The lowest BCUT2D eigenvalue weighted by Gasteiger charge is -2.37. The summed E-state index contributed by atoms with van der Waals surface area (Å²) in [6, 6.07) is 44.4. The second kappa shape index (κ2) is 18.5. The summed E-state index contributed by atoms with van der Waals surface area (Å²) in [5.41, 5.74) is 4.00. The van der Waals surface area contributed by atoms with Crippen molar-refractivity contribution in [1.82, 2.24) is 0 Å². The van der Waals surface area contributed by atoms with Crippen LogP contribution in [-0.4, -0.2) is 68.6 Å². The van der Waals surface area contributed by atoms with Crippen LogP contribution in [0.2, 0.25) is 0 Å². The van der Waals surface area contributed by atoms with Gasteiger partial charge in [-0.05, 0) is 52.9 Å². The van der Waals surface area contributed by atoms with E-state index in [2.05, 4.69) is 30.3 Å². The minimum absolute atomic E-state index is 0.0447. The number of rotatable bonds is 18. The Bertz CT molecular complexity index is 1860. The monoisotopic (exact) mass is 736 g/mol. The molecule has 8 nitrogen and oxygen atoms in total. The molecular weight excluding hydrogens is 687 g/mol. The van der Waals surface area contributed by atoms with Crippen molar-refractivity contribution >= 4 is 10.8 Å². The molecule has 7 atom stereocenters. The van der Waals surface area contributed by atoms with Gasteiger partial charge in [0.05, 0.1) is 46.2 Å². The molecule has 54 heavy (non-hydrogen) atoms. The van der Waals surface area contributed by atoms with E-state index in [9.17, 15) is 0 Å². The molecule has 7 rings (SSSR count). The number of benzene rings is 5. The van der Waals surface area contributed by atoms with Gasteiger partial charge in [0, 0.05) is 0 Å². The summed E-state index contributed by atoms with van der Waals surface area (Å²) in [5, 5.41) is 2.31. The summed E-state index contributed by atoms with van der Waals surface area (Å²) in [4.78, 5) is 0. The Balaban J connectivity index is 1.14. The minimum atomic E-state index is -1.52. The van der Waals surface area contributed by atoms with E-state index in [-0.39, 0.29) is 33.0 Å². The molecule has 5 unspecified atom stereocenters. The highest BCUT2D eigenvalue weighted by atomic mass is 19.1. The Hall–Kier alpha value is -4.03. The fraction of sp³-hybridized carbons (Fsp3) is 0.378. The standard InChI is InChI=1S/C45H49FO8/c1-45(2)52-31-40-43(54-45)41(46)44(53-40)51-30-39(49-27-33-16-8-4-9-17-33)42(50-28-34-18-10-5-11-19-34)38(48-26-32-14-6-3-7-15-32)29-47-25-35-22-23-36-20-12-13-21-37(36)24-35/h3-24,38-44H,25-31H2,1-2H3/t38?,39?,40-,41?,42?,43?,44-/m1/s1. The largest absolute Gasteiger partial charge is 0.374 e. The number of halogens is 1. The van der Waals surface area contributed by atoms with Crippen LogP contribution in [0.5, 0.6) is 0 Å². The van der Waals surface area contributed by atoms with Gasteiger partial charge in [-0.25, -0.2) is 4.39 Å². The van der Waals surface area contributed by atoms with Gasteiger partial charge in [0.2, 0.25) is 0 Å². The molecule has 9 heteroatoms. The number of fused-ring (bicyclic) bond motifs is 2. The summed E-state index contributed by atoms with van der Waals surface area (Å²) in [7, 11) is 0. The van der Waals surface area contributed by atoms with Crippen molar-refractivity contribution in [2.75, 3.05) is 19.8 Å². The molecule has 2 heterocycles. The van der Waals surface area contributed by atoms with E-state index < -0.39 is 48.8 Å². The smallest absolute Gasteiger partial charge is 0.192 e. The van der Waals surface area contributed by atoms with E-state index in [1.807, 2.05) is 103 Å². The van der Waals surface area contributed by atoms with Crippen LogP contribution in [0.25, 0.3) is 10.8 Å². The molecule has 5 aromatic rings. The number of hydrogen-bond acceptors (Lipinski definition) is 8. The molecule has 0 aliphatic carbocycles. The SMILES string of the molecule is CC1(C)OC[C@H]2O[C@@H](OCC(OCc3ccccc3)C(OCc3ccccc3)C(COCc3ccc4ccccc4c3)OCc3ccccc3)C(F)C2O1. The zero-order chi connectivity index (χ0) is 37.2. The number of hydrogen-bond donors (Lipinski definition) is 0. The Kier molecular flexibility index (Phi) is 13.1. The third kappa shape index (κ3) is 10.4. The Morgan fingerprint density at radius 3 is 1.81 bits per heavy atom. The summed E-state index contributed by atoms with van der Waals surface area (Å²) in [5.74, 6) is -0.919. The number of alkyl halides is 1. The first kappa shape index (κ1) is 38.3. The first-order valence-corrected chi connectivity index (χ1v) is 18.7. The molecule has 0 amide bonds. The Labute approximate surface area is 317 Å². The molecule has 2 fully saturated rings. The molecule has 2 aliphatic rings. The van der Waals surface area contributed by atoms with Gasteiger partial charge in [0.15, 0.2) is 18.2 Å². The maximum atomic E-state index is 15.9. The molecule has 0 aromatic heterocycles. The first-order chi connectivity index (χ1) is 26.4. The third-order valence-electron chi connectivity index (χ3n) is 9.69. The van der Waals surface area contributed by atoms with Gasteiger partial charge in [0.25, 0.3) is 0 Å². The first-order valence-electron chi connectivity index (χ1n) is 18.7. The molecule has 0 spiro atoms. The molecule has 0 N–H and O–H groups in total. The van der Waals surface area contributed by atoms with Gasteiger partial charge in [-0.1, -0.05) is 127 Å². The molecule has 0 bridgehead atoms. The van der Waals surface area contributed by atoms with Gasteiger partial charge in [-0.3, -0.25) is 0 Å². The van der Waals surface area contributed by atoms with Crippen molar-refractivity contribution in [2.24, 2.45) is 0 Å². The lowest BCUT2D eigenvalue weighted by Crippen LogP contribution is -2.49. The van der Waals surface area contributed by atoms with E-state index in [0.29, 0.717) is 13.2 Å². The molecule has 5 aromatic carbocycles. The quantitative estimate of drug-likeness (QED) is 0.0890. The zero-order valence-corrected chi connectivity index (χ0v) is 30.8. The van der Waals surface area contributed by atoms with Gasteiger partial charge in [-0.15, -0.1) is 0 Å². The van der Waals surface area contributed by atoms with Crippen LogP contribution < -0.4 is 0 Å². The third-order valence-corrected chi connectivity index (χ3v) is 9.69. The predicted molar refractivity (Wildman–Crippen MR) is 203 cm³/mol. The van der Waals surface area contributed by atoms with E-state index in [4.69, 9.17) is 37.9 Å². The second-order valence-electron chi connectivity index (χ2n) is 14.2. The minimum Gasteiger partial charge on any atom is -0.374 e. The molecule has 0 radical (unpaired) electrons. The van der Waals surface area contributed by atoms with E-state index in [1.54, 1.807) is 13.8 Å². The van der Waals surface area contributed by atoms with Crippen LogP contribution in [0, 0.1) is 0 Å². The van der Waals surface area contributed by atoms with Gasteiger partial charge in [0.1, 0.15) is 30.5 Å². The molecule has 284 valence electrons. The van der Waals surface area contributed by atoms with Crippen LogP contribution in [0.15, 0.2) is 133 Å². The van der Waals surface area contributed by atoms with E-state index >= 15 is 4.39 Å². The maximum absolute atomic E-state index is 15.9. The van der Waals surface area contributed by atoms with Crippen LogP contribution in [-0.2, 0) is 64.3 Å². The lowest BCUT2D eigenvalue weighted by molar-refractivity contribution is -0.299. The average Bonchev–Trinajstić information content (AvgIpc) is 3.51. The van der Waals surface area contributed by atoms with Crippen molar-refractivity contribution in [3.05, 3.63) is 156 Å². The summed E-state index contributed by atoms with van der Waals surface area (Å²) >= 11 is 0. The Morgan fingerprint density at radius 1 is 0.630 bits per heavy atom. The van der Waals surface area contributed by atoms with Crippen molar-refractivity contribution in [1.29, 1.82) is 0 Å². The molecule has 0 saturated carbocycles. The highest BCUT2D eigenvalue weighted by molar-refractivity contribution is 5.82. The van der Waals surface area contributed by atoms with Gasteiger partial charge < -0.3 is 37.9 Å².